The smallest absolute Gasteiger partial charge is 0.278 e. The number of imide groups is 1. The van der Waals surface area contributed by atoms with E-state index in [9.17, 15) is 9.59 Å². The summed E-state index contributed by atoms with van der Waals surface area (Å²) in [6.45, 7) is 5.74. The van der Waals surface area contributed by atoms with Crippen molar-refractivity contribution in [1.29, 1.82) is 0 Å². The quantitative estimate of drug-likeness (QED) is 0.591. The lowest BCUT2D eigenvalue weighted by molar-refractivity contribution is -0.136. The van der Waals surface area contributed by atoms with Crippen LogP contribution in [0.4, 0.5) is 5.69 Å². The first-order valence-corrected chi connectivity index (χ1v) is 8.77. The van der Waals surface area contributed by atoms with Crippen molar-refractivity contribution in [3.63, 3.8) is 0 Å². The zero-order valence-electron chi connectivity index (χ0n) is 16.1. The summed E-state index contributed by atoms with van der Waals surface area (Å²) in [5.74, 6) is 0.381. The highest BCUT2D eigenvalue weighted by molar-refractivity contribution is 6.36. The molecule has 1 aliphatic heterocycles. The minimum Gasteiger partial charge on any atom is -0.497 e. The highest BCUT2D eigenvalue weighted by Crippen LogP contribution is 2.33. The Bertz CT molecular complexity index is 939. The number of hydrogen-bond acceptors (Lipinski definition) is 5. The Morgan fingerprint density at radius 2 is 1.61 bits per heavy atom. The van der Waals surface area contributed by atoms with Gasteiger partial charge in [-0.2, -0.15) is 0 Å². The predicted molar refractivity (Wildman–Crippen MR) is 108 cm³/mol. The zero-order chi connectivity index (χ0) is 20.3. The molecule has 6 heteroatoms. The molecule has 0 aliphatic carbocycles. The van der Waals surface area contributed by atoms with E-state index in [4.69, 9.17) is 9.47 Å². The van der Waals surface area contributed by atoms with Gasteiger partial charge in [0.05, 0.1) is 19.8 Å². The van der Waals surface area contributed by atoms with Crippen molar-refractivity contribution in [2.24, 2.45) is 0 Å². The summed E-state index contributed by atoms with van der Waals surface area (Å²) in [6, 6.07) is 12.7. The van der Waals surface area contributed by atoms with Crippen LogP contribution < -0.4 is 14.8 Å². The second-order valence-corrected chi connectivity index (χ2v) is 6.35. The summed E-state index contributed by atoms with van der Waals surface area (Å²) < 4.78 is 10.6. The average molecular weight is 378 g/mol. The molecule has 0 radical (unpaired) electrons. The molecule has 0 atom stereocenters. The number of aryl methyl sites for hydroxylation is 1. The molecular weight excluding hydrogens is 356 g/mol. The topological polar surface area (TPSA) is 67.9 Å². The third-order valence-electron chi connectivity index (χ3n) is 4.44. The van der Waals surface area contributed by atoms with E-state index in [2.05, 4.69) is 11.9 Å². The summed E-state index contributed by atoms with van der Waals surface area (Å²) in [4.78, 5) is 27.1. The Labute approximate surface area is 164 Å². The fourth-order valence-corrected chi connectivity index (χ4v) is 3.00. The number of rotatable bonds is 7. The van der Waals surface area contributed by atoms with Gasteiger partial charge in [0.25, 0.3) is 11.8 Å². The first kappa shape index (κ1) is 19.2. The Morgan fingerprint density at radius 1 is 1.00 bits per heavy atom. The van der Waals surface area contributed by atoms with Crippen molar-refractivity contribution >= 4 is 23.1 Å². The van der Waals surface area contributed by atoms with Gasteiger partial charge in [-0.15, -0.1) is 6.58 Å². The molecule has 0 saturated carbocycles. The Kier molecular flexibility index (Phi) is 5.49. The average Bonchev–Trinajstić information content (AvgIpc) is 2.93. The van der Waals surface area contributed by atoms with Crippen molar-refractivity contribution < 1.29 is 19.1 Å². The van der Waals surface area contributed by atoms with Gasteiger partial charge in [-0.25, -0.2) is 0 Å². The molecule has 2 aromatic rings. The van der Waals surface area contributed by atoms with Gasteiger partial charge in [0.15, 0.2) is 0 Å². The molecule has 28 heavy (non-hydrogen) atoms. The van der Waals surface area contributed by atoms with E-state index in [0.29, 0.717) is 28.3 Å². The second-order valence-electron chi connectivity index (χ2n) is 6.35. The molecule has 1 aliphatic rings. The van der Waals surface area contributed by atoms with Gasteiger partial charge in [-0.3, -0.25) is 14.5 Å². The van der Waals surface area contributed by atoms with E-state index in [0.717, 1.165) is 5.56 Å². The number of anilines is 1. The molecule has 2 aromatic carbocycles. The van der Waals surface area contributed by atoms with Crippen LogP contribution in [0.25, 0.3) is 5.57 Å². The van der Waals surface area contributed by atoms with Crippen molar-refractivity contribution in [2.75, 3.05) is 26.1 Å². The summed E-state index contributed by atoms with van der Waals surface area (Å²) >= 11 is 0. The molecule has 2 amide bonds. The summed E-state index contributed by atoms with van der Waals surface area (Å²) in [6.07, 6.45) is 1.53. The third kappa shape index (κ3) is 3.62. The number of nitrogens with zero attached hydrogens (tertiary/aromatic N) is 1. The maximum absolute atomic E-state index is 12.9. The van der Waals surface area contributed by atoms with Crippen molar-refractivity contribution in [2.45, 2.75) is 6.92 Å². The lowest BCUT2D eigenvalue weighted by atomic mass is 10.0. The Hall–Kier alpha value is -3.54. The molecule has 1 heterocycles. The number of methoxy groups -OCH3 is 2. The van der Waals surface area contributed by atoms with Crippen LogP contribution in [0.3, 0.4) is 0 Å². The van der Waals surface area contributed by atoms with E-state index in [1.165, 1.54) is 11.0 Å². The largest absolute Gasteiger partial charge is 0.497 e. The highest BCUT2D eigenvalue weighted by atomic mass is 16.5. The molecule has 0 bridgehead atoms. The molecule has 1 N–H and O–H groups in total. The number of amides is 2. The van der Waals surface area contributed by atoms with Crippen LogP contribution in [-0.2, 0) is 9.59 Å². The van der Waals surface area contributed by atoms with Crippen molar-refractivity contribution in [3.05, 3.63) is 71.9 Å². The van der Waals surface area contributed by atoms with Crippen LogP contribution in [0.15, 0.2) is 60.8 Å². The zero-order valence-corrected chi connectivity index (χ0v) is 16.1. The van der Waals surface area contributed by atoms with Gasteiger partial charge in [0.1, 0.15) is 17.2 Å². The fourth-order valence-electron chi connectivity index (χ4n) is 3.00. The maximum atomic E-state index is 12.9. The minimum absolute atomic E-state index is 0.139. The van der Waals surface area contributed by atoms with Gasteiger partial charge >= 0.3 is 0 Å². The van der Waals surface area contributed by atoms with Crippen LogP contribution >= 0.6 is 0 Å². The number of carbonyl (C=O) groups is 2. The SMILES string of the molecule is C=CCN1C(=O)C(Nc2cc(OC)cc(OC)c2)=C(c2ccc(C)cc2)C1=O. The third-order valence-corrected chi connectivity index (χ3v) is 4.44. The first-order chi connectivity index (χ1) is 13.5. The molecule has 6 nitrogen and oxygen atoms in total. The lowest BCUT2D eigenvalue weighted by Gasteiger charge is -2.13. The van der Waals surface area contributed by atoms with E-state index < -0.39 is 5.91 Å². The molecule has 144 valence electrons. The van der Waals surface area contributed by atoms with E-state index >= 15 is 0 Å². The van der Waals surface area contributed by atoms with Crippen molar-refractivity contribution in [3.8, 4) is 11.5 Å². The summed E-state index contributed by atoms with van der Waals surface area (Å²) in [7, 11) is 3.09. The van der Waals surface area contributed by atoms with E-state index in [-0.39, 0.29) is 18.1 Å². The number of hydrogen-bond donors (Lipinski definition) is 1. The number of carbonyl (C=O) groups excluding carboxylic acids is 2. The van der Waals surface area contributed by atoms with Crippen LogP contribution in [0, 0.1) is 6.92 Å². The van der Waals surface area contributed by atoms with Gasteiger partial charge in [-0.05, 0) is 12.5 Å². The molecule has 0 unspecified atom stereocenters. The first-order valence-electron chi connectivity index (χ1n) is 8.77. The number of ether oxygens (including phenoxy) is 2. The lowest BCUT2D eigenvalue weighted by Crippen LogP contribution is -2.32. The Morgan fingerprint density at radius 3 is 2.14 bits per heavy atom. The second kappa shape index (κ2) is 8.00. The highest BCUT2D eigenvalue weighted by Gasteiger charge is 2.38. The van der Waals surface area contributed by atoms with Gasteiger partial charge < -0.3 is 14.8 Å². The molecule has 3 rings (SSSR count). The fraction of sp³-hybridized carbons (Fsp3) is 0.182. The summed E-state index contributed by atoms with van der Waals surface area (Å²) in [5.41, 5.74) is 2.86. The predicted octanol–water partition coefficient (Wildman–Crippen LogP) is 3.39. The number of benzene rings is 2. The molecule has 0 aromatic heterocycles. The summed E-state index contributed by atoms with van der Waals surface area (Å²) in [5, 5.41) is 3.10. The van der Waals surface area contributed by atoms with Crippen molar-refractivity contribution in [1.82, 2.24) is 4.90 Å². The van der Waals surface area contributed by atoms with Crippen LogP contribution in [0.2, 0.25) is 0 Å². The normalized spacial score (nSPS) is 13.8. The molecule has 0 saturated heterocycles. The molecular formula is C22H22N2O4. The van der Waals surface area contributed by atoms with E-state index in [1.54, 1.807) is 32.4 Å². The van der Waals surface area contributed by atoms with Gasteiger partial charge in [0.2, 0.25) is 0 Å². The number of nitrogens with one attached hydrogen (secondary N) is 1. The Balaban J connectivity index is 2.09. The van der Waals surface area contributed by atoms with E-state index in [1.807, 2.05) is 31.2 Å². The standard InChI is InChI=1S/C22H22N2O4/c1-5-10-24-21(25)19(15-8-6-14(2)7-9-15)20(22(24)26)23-16-11-17(27-3)13-18(12-16)28-4/h5-9,11-13,23H,1,10H2,2-4H3. The molecule has 0 fully saturated rings. The molecule has 0 spiro atoms. The van der Waals surface area contributed by atoms with Crippen LogP contribution in [-0.4, -0.2) is 37.5 Å². The monoisotopic (exact) mass is 378 g/mol. The van der Waals surface area contributed by atoms with Gasteiger partial charge in [0, 0.05) is 30.4 Å². The maximum Gasteiger partial charge on any atom is 0.278 e. The van der Waals surface area contributed by atoms with Crippen LogP contribution in [0.5, 0.6) is 11.5 Å². The van der Waals surface area contributed by atoms with Crippen LogP contribution in [0.1, 0.15) is 11.1 Å². The van der Waals surface area contributed by atoms with Gasteiger partial charge in [-0.1, -0.05) is 35.9 Å². The minimum atomic E-state index is -0.401.